The van der Waals surface area contributed by atoms with Crippen molar-refractivity contribution in [2.75, 3.05) is 18.4 Å². The van der Waals surface area contributed by atoms with Gasteiger partial charge in [-0.2, -0.15) is 0 Å². The van der Waals surface area contributed by atoms with Gasteiger partial charge in [0.2, 0.25) is 6.41 Å². The number of amides is 3. The molecule has 17 heavy (non-hydrogen) atoms. The highest BCUT2D eigenvalue weighted by molar-refractivity contribution is 5.89. The van der Waals surface area contributed by atoms with Gasteiger partial charge in [-0.1, -0.05) is 12.1 Å². The molecule has 0 saturated carbocycles. The van der Waals surface area contributed by atoms with Gasteiger partial charge in [0, 0.05) is 18.8 Å². The molecule has 5 nitrogen and oxygen atoms in total. The van der Waals surface area contributed by atoms with Crippen LogP contribution in [-0.2, 0) is 4.79 Å². The van der Waals surface area contributed by atoms with E-state index in [-0.39, 0.29) is 6.03 Å². The van der Waals surface area contributed by atoms with Crippen molar-refractivity contribution in [1.29, 1.82) is 0 Å². The van der Waals surface area contributed by atoms with Crippen LogP contribution in [0.4, 0.5) is 10.5 Å². The van der Waals surface area contributed by atoms with Gasteiger partial charge in [0.25, 0.3) is 0 Å². The lowest BCUT2D eigenvalue weighted by atomic mass is 10.2. The third-order valence-electron chi connectivity index (χ3n) is 2.14. The summed E-state index contributed by atoms with van der Waals surface area (Å²) in [6, 6.07) is 7.35. The monoisotopic (exact) mass is 235 g/mol. The van der Waals surface area contributed by atoms with Crippen molar-refractivity contribution >= 4 is 18.1 Å². The Bertz CT molecular complexity index is 380. The number of urea groups is 1. The van der Waals surface area contributed by atoms with Crippen molar-refractivity contribution < 1.29 is 9.59 Å². The van der Waals surface area contributed by atoms with Crippen LogP contribution < -0.4 is 16.0 Å². The fourth-order valence-corrected chi connectivity index (χ4v) is 1.35. The van der Waals surface area contributed by atoms with E-state index in [1.165, 1.54) is 0 Å². The average molecular weight is 235 g/mol. The van der Waals surface area contributed by atoms with E-state index in [0.717, 1.165) is 11.3 Å². The van der Waals surface area contributed by atoms with Crippen LogP contribution in [0.1, 0.15) is 12.0 Å². The molecule has 1 aromatic carbocycles. The first-order chi connectivity index (χ1) is 8.22. The summed E-state index contributed by atoms with van der Waals surface area (Å²) in [5.41, 5.74) is 1.87. The van der Waals surface area contributed by atoms with Crippen LogP contribution in [-0.4, -0.2) is 25.5 Å². The summed E-state index contributed by atoms with van der Waals surface area (Å²) in [5.74, 6) is 0. The fourth-order valence-electron chi connectivity index (χ4n) is 1.35. The Morgan fingerprint density at radius 3 is 2.88 bits per heavy atom. The molecule has 0 spiro atoms. The molecule has 0 aromatic heterocycles. The smallest absolute Gasteiger partial charge is 0.319 e. The van der Waals surface area contributed by atoms with Crippen molar-refractivity contribution in [1.82, 2.24) is 10.6 Å². The number of hydrogen-bond acceptors (Lipinski definition) is 2. The van der Waals surface area contributed by atoms with Crippen LogP contribution in [0.2, 0.25) is 0 Å². The van der Waals surface area contributed by atoms with E-state index in [4.69, 9.17) is 0 Å². The number of hydrogen-bond donors (Lipinski definition) is 3. The van der Waals surface area contributed by atoms with Crippen LogP contribution >= 0.6 is 0 Å². The van der Waals surface area contributed by atoms with E-state index >= 15 is 0 Å². The summed E-state index contributed by atoms with van der Waals surface area (Å²) in [4.78, 5) is 21.4. The summed E-state index contributed by atoms with van der Waals surface area (Å²) in [6.45, 7) is 3.06. The van der Waals surface area contributed by atoms with Gasteiger partial charge in [0.05, 0.1) is 0 Å². The third kappa shape index (κ3) is 5.55. The van der Waals surface area contributed by atoms with Crippen LogP contribution in [0.3, 0.4) is 0 Å². The first-order valence-corrected chi connectivity index (χ1v) is 5.51. The summed E-state index contributed by atoms with van der Waals surface area (Å²) in [7, 11) is 0. The molecule has 0 saturated heterocycles. The number of anilines is 1. The number of aryl methyl sites for hydroxylation is 1. The van der Waals surface area contributed by atoms with Crippen molar-refractivity contribution in [3.05, 3.63) is 29.8 Å². The SMILES string of the molecule is Cc1cccc(NC(=O)NCCCNC=O)c1. The summed E-state index contributed by atoms with van der Waals surface area (Å²) >= 11 is 0. The van der Waals surface area contributed by atoms with E-state index in [9.17, 15) is 9.59 Å². The largest absolute Gasteiger partial charge is 0.359 e. The van der Waals surface area contributed by atoms with Gasteiger partial charge in [-0.15, -0.1) is 0 Å². The van der Waals surface area contributed by atoms with Gasteiger partial charge < -0.3 is 16.0 Å². The summed E-state index contributed by atoms with van der Waals surface area (Å²) < 4.78 is 0. The number of nitrogens with one attached hydrogen (secondary N) is 3. The lowest BCUT2D eigenvalue weighted by Gasteiger charge is -2.07. The van der Waals surface area contributed by atoms with Crippen molar-refractivity contribution in [3.63, 3.8) is 0 Å². The van der Waals surface area contributed by atoms with E-state index < -0.39 is 0 Å². The summed E-state index contributed by atoms with van der Waals surface area (Å²) in [6.07, 6.45) is 1.35. The minimum absolute atomic E-state index is 0.235. The molecule has 92 valence electrons. The molecule has 0 fully saturated rings. The molecule has 5 heteroatoms. The van der Waals surface area contributed by atoms with Crippen LogP contribution in [0.5, 0.6) is 0 Å². The Labute approximate surface area is 101 Å². The second kappa shape index (κ2) is 7.27. The topological polar surface area (TPSA) is 70.2 Å². The van der Waals surface area contributed by atoms with E-state index in [0.29, 0.717) is 25.9 Å². The molecule has 0 aliphatic carbocycles. The molecular weight excluding hydrogens is 218 g/mol. The zero-order chi connectivity index (χ0) is 12.5. The molecule has 1 aromatic rings. The maximum Gasteiger partial charge on any atom is 0.319 e. The second-order valence-electron chi connectivity index (χ2n) is 3.68. The van der Waals surface area contributed by atoms with Crippen molar-refractivity contribution in [3.8, 4) is 0 Å². The van der Waals surface area contributed by atoms with Gasteiger partial charge in [0.15, 0.2) is 0 Å². The third-order valence-corrected chi connectivity index (χ3v) is 2.14. The molecule has 0 aliphatic rings. The molecule has 1 rings (SSSR count). The molecule has 3 amide bonds. The Morgan fingerprint density at radius 1 is 1.35 bits per heavy atom. The minimum atomic E-state index is -0.235. The maximum absolute atomic E-state index is 11.4. The minimum Gasteiger partial charge on any atom is -0.359 e. The Kier molecular flexibility index (Phi) is 5.57. The normalized spacial score (nSPS) is 9.47. The predicted molar refractivity (Wildman–Crippen MR) is 66.9 cm³/mol. The highest BCUT2D eigenvalue weighted by atomic mass is 16.2. The van der Waals surface area contributed by atoms with Gasteiger partial charge in [0.1, 0.15) is 0 Å². The lowest BCUT2D eigenvalue weighted by molar-refractivity contribution is -0.109. The fraction of sp³-hybridized carbons (Fsp3) is 0.333. The number of carbonyl (C=O) groups is 2. The second-order valence-corrected chi connectivity index (χ2v) is 3.68. The zero-order valence-corrected chi connectivity index (χ0v) is 9.82. The lowest BCUT2D eigenvalue weighted by Crippen LogP contribution is -2.31. The Morgan fingerprint density at radius 2 is 2.18 bits per heavy atom. The quantitative estimate of drug-likeness (QED) is 0.513. The highest BCUT2D eigenvalue weighted by Gasteiger charge is 2.00. The van der Waals surface area contributed by atoms with Gasteiger partial charge in [-0.3, -0.25) is 4.79 Å². The molecule has 0 bridgehead atoms. The number of carbonyl (C=O) groups excluding carboxylic acids is 2. The van der Waals surface area contributed by atoms with Crippen molar-refractivity contribution in [2.45, 2.75) is 13.3 Å². The molecule has 3 N–H and O–H groups in total. The molecule has 0 aliphatic heterocycles. The van der Waals surface area contributed by atoms with E-state index in [1.54, 1.807) is 0 Å². The molecule has 0 heterocycles. The molecule has 0 unspecified atom stereocenters. The Hall–Kier alpha value is -2.04. The zero-order valence-electron chi connectivity index (χ0n) is 9.82. The first-order valence-electron chi connectivity index (χ1n) is 5.51. The number of benzene rings is 1. The predicted octanol–water partition coefficient (Wildman–Crippen LogP) is 1.25. The van der Waals surface area contributed by atoms with Crippen LogP contribution in [0.25, 0.3) is 0 Å². The highest BCUT2D eigenvalue weighted by Crippen LogP contribution is 2.08. The maximum atomic E-state index is 11.4. The van der Waals surface area contributed by atoms with E-state index in [1.807, 2.05) is 31.2 Å². The summed E-state index contributed by atoms with van der Waals surface area (Å²) in [5, 5.41) is 7.96. The van der Waals surface area contributed by atoms with Gasteiger partial charge in [-0.25, -0.2) is 4.79 Å². The van der Waals surface area contributed by atoms with Crippen LogP contribution in [0.15, 0.2) is 24.3 Å². The first kappa shape index (κ1) is 13.0. The standard InChI is InChI=1S/C12H17N3O2/c1-10-4-2-5-11(8-10)15-12(17)14-7-3-6-13-9-16/h2,4-5,8-9H,3,6-7H2,1H3,(H,13,16)(H2,14,15,17). The molecular formula is C12H17N3O2. The van der Waals surface area contributed by atoms with Gasteiger partial charge >= 0.3 is 6.03 Å². The molecule has 0 atom stereocenters. The van der Waals surface area contributed by atoms with Crippen molar-refractivity contribution in [2.24, 2.45) is 0 Å². The Balaban J connectivity index is 2.23. The average Bonchev–Trinajstić information content (AvgIpc) is 2.29. The van der Waals surface area contributed by atoms with E-state index in [2.05, 4.69) is 16.0 Å². The van der Waals surface area contributed by atoms with Crippen LogP contribution in [0, 0.1) is 6.92 Å². The molecule has 0 radical (unpaired) electrons. The van der Waals surface area contributed by atoms with Gasteiger partial charge in [-0.05, 0) is 31.0 Å². The number of rotatable bonds is 6.